The molecule has 3 heterocycles. The van der Waals surface area contributed by atoms with E-state index in [1.165, 1.54) is 4.90 Å². The van der Waals surface area contributed by atoms with Gasteiger partial charge in [0, 0.05) is 23.7 Å². The van der Waals surface area contributed by atoms with Crippen molar-refractivity contribution in [3.05, 3.63) is 70.5 Å². The number of hydrogen-bond acceptors (Lipinski definition) is 4. The van der Waals surface area contributed by atoms with Gasteiger partial charge in [0.05, 0.1) is 24.8 Å². The fourth-order valence-electron chi connectivity index (χ4n) is 4.53. The van der Waals surface area contributed by atoms with Gasteiger partial charge >= 0.3 is 6.18 Å². The summed E-state index contributed by atoms with van der Waals surface area (Å²) in [5, 5.41) is 8.09. The minimum Gasteiger partial charge on any atom is -0.491 e. The molecule has 1 aromatic heterocycles. The molecule has 5 rings (SSSR count). The first-order chi connectivity index (χ1) is 16.3. The zero-order valence-electron chi connectivity index (χ0n) is 18.1. The fourth-order valence-corrected chi connectivity index (χ4v) is 4.73. The zero-order chi connectivity index (χ0) is 23.9. The molecule has 0 aliphatic carbocycles. The van der Waals surface area contributed by atoms with E-state index in [1.807, 2.05) is 36.4 Å². The molecular formula is C24H22ClF3N4O2. The van der Waals surface area contributed by atoms with E-state index in [9.17, 15) is 18.0 Å². The standard InChI is InChI=1S/C24H22ClF3N4O2/c25-17-6-7-20-16(10-17)11-18(13-34-20)29-23(33)22-21(15-4-2-1-3-5-15)19-12-31(14-24(26,27)28)8-9-32(19)30-22/h1-7,10,18H,8-9,11-14H2,(H,29,33)/t18-/m1/s1. The fraction of sp³-hybridized carbons (Fsp3) is 0.333. The van der Waals surface area contributed by atoms with E-state index in [2.05, 4.69) is 10.4 Å². The van der Waals surface area contributed by atoms with Gasteiger partial charge in [-0.3, -0.25) is 14.4 Å². The lowest BCUT2D eigenvalue weighted by Crippen LogP contribution is -2.43. The van der Waals surface area contributed by atoms with Gasteiger partial charge < -0.3 is 10.1 Å². The van der Waals surface area contributed by atoms with E-state index in [1.54, 1.807) is 16.8 Å². The summed E-state index contributed by atoms with van der Waals surface area (Å²) in [7, 11) is 0. The SMILES string of the molecule is O=C(N[C@H]1COc2ccc(Cl)cc2C1)c1nn2c(c1-c1ccccc1)CN(CC(F)(F)F)CC2. The molecule has 3 aromatic rings. The number of nitrogens with zero attached hydrogens (tertiary/aromatic N) is 3. The number of hydrogen-bond donors (Lipinski definition) is 1. The van der Waals surface area contributed by atoms with Crippen LogP contribution in [0.1, 0.15) is 21.7 Å². The summed E-state index contributed by atoms with van der Waals surface area (Å²) in [5.74, 6) is 0.351. The van der Waals surface area contributed by atoms with Gasteiger partial charge in [-0.15, -0.1) is 0 Å². The van der Waals surface area contributed by atoms with E-state index in [-0.39, 0.29) is 37.3 Å². The molecule has 0 fully saturated rings. The number of fused-ring (bicyclic) bond motifs is 2. The van der Waals surface area contributed by atoms with Crippen molar-refractivity contribution in [1.29, 1.82) is 0 Å². The molecule has 1 amide bonds. The summed E-state index contributed by atoms with van der Waals surface area (Å²) in [6.45, 7) is -0.167. The van der Waals surface area contributed by atoms with E-state index >= 15 is 0 Å². The second-order valence-corrected chi connectivity index (χ2v) is 8.96. The molecule has 0 unspecified atom stereocenters. The number of rotatable bonds is 4. The number of nitrogens with one attached hydrogen (secondary N) is 1. The molecular weight excluding hydrogens is 469 g/mol. The summed E-state index contributed by atoms with van der Waals surface area (Å²) in [6.07, 6.45) is -3.75. The molecule has 0 radical (unpaired) electrons. The number of carbonyl (C=O) groups excluding carboxylic acids is 1. The molecule has 0 saturated heterocycles. The van der Waals surface area contributed by atoms with Gasteiger partial charge in [-0.2, -0.15) is 18.3 Å². The van der Waals surface area contributed by atoms with Crippen molar-refractivity contribution in [3.63, 3.8) is 0 Å². The Morgan fingerprint density at radius 2 is 1.97 bits per heavy atom. The second-order valence-electron chi connectivity index (χ2n) is 8.52. The highest BCUT2D eigenvalue weighted by molar-refractivity contribution is 6.30. The van der Waals surface area contributed by atoms with Gasteiger partial charge in [-0.1, -0.05) is 41.9 Å². The first-order valence-electron chi connectivity index (χ1n) is 10.9. The van der Waals surface area contributed by atoms with Crippen molar-refractivity contribution in [1.82, 2.24) is 20.0 Å². The van der Waals surface area contributed by atoms with Crippen LogP contribution in [0.5, 0.6) is 5.75 Å². The molecule has 1 atom stereocenters. The molecule has 34 heavy (non-hydrogen) atoms. The summed E-state index contributed by atoms with van der Waals surface area (Å²) in [5.41, 5.74) is 3.00. The minimum absolute atomic E-state index is 0.0580. The lowest BCUT2D eigenvalue weighted by Gasteiger charge is -2.28. The van der Waals surface area contributed by atoms with Gasteiger partial charge in [-0.05, 0) is 35.7 Å². The molecule has 6 nitrogen and oxygen atoms in total. The Kier molecular flexibility index (Phi) is 5.99. The maximum atomic E-state index is 13.4. The van der Waals surface area contributed by atoms with E-state index < -0.39 is 12.7 Å². The molecule has 10 heteroatoms. The number of aromatic nitrogens is 2. The molecule has 178 valence electrons. The topological polar surface area (TPSA) is 59.4 Å². The zero-order valence-corrected chi connectivity index (χ0v) is 18.9. The third kappa shape index (κ3) is 4.76. The van der Waals surface area contributed by atoms with Crippen LogP contribution in [0.4, 0.5) is 13.2 Å². The van der Waals surface area contributed by atoms with Gasteiger partial charge in [0.1, 0.15) is 12.4 Å². The highest BCUT2D eigenvalue weighted by Gasteiger charge is 2.35. The van der Waals surface area contributed by atoms with Crippen LogP contribution in [0.25, 0.3) is 11.1 Å². The maximum absolute atomic E-state index is 13.4. The van der Waals surface area contributed by atoms with Crippen molar-refractivity contribution in [2.24, 2.45) is 0 Å². The number of ether oxygens (including phenoxy) is 1. The quantitative estimate of drug-likeness (QED) is 0.592. The minimum atomic E-state index is -4.30. The lowest BCUT2D eigenvalue weighted by atomic mass is 10.00. The van der Waals surface area contributed by atoms with Crippen LogP contribution in [0.3, 0.4) is 0 Å². The van der Waals surface area contributed by atoms with Crippen molar-refractivity contribution in [2.75, 3.05) is 19.7 Å². The van der Waals surface area contributed by atoms with Crippen LogP contribution in [-0.2, 0) is 19.5 Å². The Morgan fingerprint density at radius 1 is 1.18 bits per heavy atom. The Balaban J connectivity index is 1.43. The van der Waals surface area contributed by atoms with Crippen molar-refractivity contribution in [2.45, 2.75) is 31.7 Å². The maximum Gasteiger partial charge on any atom is 0.401 e. The largest absolute Gasteiger partial charge is 0.491 e. The third-order valence-electron chi connectivity index (χ3n) is 6.00. The van der Waals surface area contributed by atoms with Gasteiger partial charge in [-0.25, -0.2) is 0 Å². The number of halogens is 4. The third-order valence-corrected chi connectivity index (χ3v) is 6.24. The van der Waals surface area contributed by atoms with Crippen molar-refractivity contribution in [3.8, 4) is 16.9 Å². The van der Waals surface area contributed by atoms with Crippen LogP contribution in [0, 0.1) is 0 Å². The van der Waals surface area contributed by atoms with Crippen LogP contribution in [-0.4, -0.2) is 52.5 Å². The second kappa shape index (κ2) is 8.96. The van der Waals surface area contributed by atoms with Crippen molar-refractivity contribution < 1.29 is 22.7 Å². The van der Waals surface area contributed by atoms with Crippen LogP contribution in [0.15, 0.2) is 48.5 Å². The summed E-state index contributed by atoms with van der Waals surface area (Å²) in [6, 6.07) is 14.2. The Bertz CT molecular complexity index is 1210. The van der Waals surface area contributed by atoms with Gasteiger partial charge in [0.15, 0.2) is 5.69 Å². The highest BCUT2D eigenvalue weighted by atomic mass is 35.5. The lowest BCUT2D eigenvalue weighted by molar-refractivity contribution is -0.148. The van der Waals surface area contributed by atoms with E-state index in [0.717, 1.165) is 16.9 Å². The average molecular weight is 491 g/mol. The molecule has 2 aliphatic rings. The Labute approximate surface area is 199 Å². The summed E-state index contributed by atoms with van der Waals surface area (Å²) >= 11 is 6.09. The van der Waals surface area contributed by atoms with Gasteiger partial charge in [0.25, 0.3) is 5.91 Å². The number of alkyl halides is 3. The number of benzene rings is 2. The van der Waals surface area contributed by atoms with Crippen LogP contribution < -0.4 is 10.1 Å². The molecule has 2 aliphatic heterocycles. The Hall–Kier alpha value is -3.04. The van der Waals surface area contributed by atoms with E-state index in [0.29, 0.717) is 29.3 Å². The Morgan fingerprint density at radius 3 is 2.74 bits per heavy atom. The van der Waals surface area contributed by atoms with E-state index in [4.69, 9.17) is 16.3 Å². The first-order valence-corrected chi connectivity index (χ1v) is 11.3. The monoisotopic (exact) mass is 490 g/mol. The predicted molar refractivity (Wildman–Crippen MR) is 121 cm³/mol. The highest BCUT2D eigenvalue weighted by Crippen LogP contribution is 2.32. The number of amides is 1. The van der Waals surface area contributed by atoms with Gasteiger partial charge in [0.2, 0.25) is 0 Å². The normalized spacial score (nSPS) is 18.1. The van der Waals surface area contributed by atoms with Crippen molar-refractivity contribution >= 4 is 17.5 Å². The predicted octanol–water partition coefficient (Wildman–Crippen LogP) is 4.31. The molecule has 0 bridgehead atoms. The van der Waals surface area contributed by atoms with Crippen LogP contribution >= 0.6 is 11.6 Å². The summed E-state index contributed by atoms with van der Waals surface area (Å²) in [4.78, 5) is 14.7. The molecule has 2 aromatic carbocycles. The molecule has 0 spiro atoms. The number of carbonyl (C=O) groups is 1. The summed E-state index contributed by atoms with van der Waals surface area (Å²) < 4.78 is 46.5. The smallest absolute Gasteiger partial charge is 0.401 e. The van der Waals surface area contributed by atoms with Crippen LogP contribution in [0.2, 0.25) is 5.02 Å². The molecule has 0 saturated carbocycles. The average Bonchev–Trinajstić information content (AvgIpc) is 3.17. The molecule has 1 N–H and O–H groups in total. The first kappa shape index (κ1) is 22.7.